The maximum atomic E-state index is 13.7. The van der Waals surface area contributed by atoms with Crippen molar-refractivity contribution >= 4 is 21.6 Å². The van der Waals surface area contributed by atoms with Gasteiger partial charge in [-0.15, -0.1) is 11.3 Å². The van der Waals surface area contributed by atoms with Crippen LogP contribution in [-0.4, -0.2) is 40.7 Å². The molecular formula is C28H37FN2OS. The van der Waals surface area contributed by atoms with E-state index in [4.69, 9.17) is 4.98 Å². The van der Waals surface area contributed by atoms with Crippen LogP contribution in [0.1, 0.15) is 68.0 Å². The lowest BCUT2D eigenvalue weighted by Crippen LogP contribution is -2.45. The molecule has 1 aromatic heterocycles. The van der Waals surface area contributed by atoms with Gasteiger partial charge in [0.15, 0.2) is 0 Å². The maximum absolute atomic E-state index is 13.7. The molecule has 3 nitrogen and oxygen atoms in total. The van der Waals surface area contributed by atoms with E-state index in [9.17, 15) is 9.50 Å². The van der Waals surface area contributed by atoms with Crippen LogP contribution in [0.15, 0.2) is 42.5 Å². The molecule has 0 spiro atoms. The number of unbranched alkanes of at least 4 members (excludes halogenated alkanes) is 2. The van der Waals surface area contributed by atoms with Crippen molar-refractivity contribution in [2.45, 2.75) is 70.3 Å². The van der Waals surface area contributed by atoms with Crippen LogP contribution in [0.25, 0.3) is 10.2 Å². The number of fused-ring (bicyclic) bond motifs is 2. The van der Waals surface area contributed by atoms with E-state index < -0.39 is 5.60 Å². The number of para-hydroxylation sites is 1. The van der Waals surface area contributed by atoms with Gasteiger partial charge >= 0.3 is 0 Å². The summed E-state index contributed by atoms with van der Waals surface area (Å²) in [6.45, 7) is 6.27. The van der Waals surface area contributed by atoms with Gasteiger partial charge in [0, 0.05) is 12.5 Å². The van der Waals surface area contributed by atoms with Crippen LogP contribution in [0, 0.1) is 11.7 Å². The summed E-state index contributed by atoms with van der Waals surface area (Å²) in [5, 5.41) is 12.9. The molecule has 178 valence electrons. The standard InChI is InChI=1S/C28H37FN2OS/c1-20(2)27-23-13-12-22(29)19-21(23)14-15-28(27,32)16-18-31(3)17-8-4-5-11-26-30-24-9-6-7-10-25(24)33-26/h6-7,9-10,12-13,19-20,27,32H,4-5,8,11,14-18H2,1-3H3/t27-,28+/m0/s1. The second kappa shape index (κ2) is 10.6. The van der Waals surface area contributed by atoms with Crippen LogP contribution in [-0.2, 0) is 12.8 Å². The number of halogens is 1. The van der Waals surface area contributed by atoms with E-state index in [1.165, 1.54) is 22.5 Å². The van der Waals surface area contributed by atoms with E-state index in [1.54, 1.807) is 12.1 Å². The molecule has 0 saturated carbocycles. The Kier molecular flexibility index (Phi) is 7.83. The summed E-state index contributed by atoms with van der Waals surface area (Å²) in [5.74, 6) is 0.195. The van der Waals surface area contributed by atoms with Crippen LogP contribution in [0.2, 0.25) is 0 Å². The summed E-state index contributed by atoms with van der Waals surface area (Å²) in [4.78, 5) is 7.09. The third kappa shape index (κ3) is 5.82. The zero-order valence-electron chi connectivity index (χ0n) is 20.2. The van der Waals surface area contributed by atoms with E-state index in [-0.39, 0.29) is 11.7 Å². The van der Waals surface area contributed by atoms with Crippen molar-refractivity contribution in [2.24, 2.45) is 5.92 Å². The first-order valence-electron chi connectivity index (χ1n) is 12.4. The fourth-order valence-electron chi connectivity index (χ4n) is 5.51. The molecule has 0 unspecified atom stereocenters. The molecule has 5 heteroatoms. The van der Waals surface area contributed by atoms with Crippen molar-refractivity contribution in [3.8, 4) is 0 Å². The van der Waals surface area contributed by atoms with Gasteiger partial charge in [-0.3, -0.25) is 0 Å². The van der Waals surface area contributed by atoms with Gasteiger partial charge in [0.2, 0.25) is 0 Å². The number of hydrogen-bond acceptors (Lipinski definition) is 4. The first-order valence-corrected chi connectivity index (χ1v) is 13.2. The first-order chi connectivity index (χ1) is 15.9. The van der Waals surface area contributed by atoms with Crippen molar-refractivity contribution in [1.82, 2.24) is 9.88 Å². The fraction of sp³-hybridized carbons (Fsp3) is 0.536. The number of aryl methyl sites for hydroxylation is 2. The summed E-state index contributed by atoms with van der Waals surface area (Å²) < 4.78 is 15.0. The predicted molar refractivity (Wildman–Crippen MR) is 137 cm³/mol. The Morgan fingerprint density at radius 1 is 1.15 bits per heavy atom. The summed E-state index contributed by atoms with van der Waals surface area (Å²) in [5.41, 5.74) is 2.60. The number of rotatable bonds is 10. The summed E-state index contributed by atoms with van der Waals surface area (Å²) in [7, 11) is 2.16. The third-order valence-electron chi connectivity index (χ3n) is 7.21. The SMILES string of the molecule is CC(C)[C@H]1c2ccc(F)cc2CC[C@@]1(O)CCN(C)CCCCCc1nc2ccccc2s1. The van der Waals surface area contributed by atoms with Crippen LogP contribution >= 0.6 is 11.3 Å². The average molecular weight is 469 g/mol. The molecule has 3 aromatic rings. The molecule has 0 amide bonds. The van der Waals surface area contributed by atoms with Gasteiger partial charge in [-0.25, -0.2) is 9.37 Å². The molecule has 2 atom stereocenters. The summed E-state index contributed by atoms with van der Waals surface area (Å²) in [6.07, 6.45) is 6.80. The van der Waals surface area contributed by atoms with Crippen molar-refractivity contribution in [2.75, 3.05) is 20.1 Å². The normalized spacial score (nSPS) is 20.6. The molecule has 0 fully saturated rings. The highest BCUT2D eigenvalue weighted by atomic mass is 32.1. The average Bonchev–Trinajstić information content (AvgIpc) is 3.20. The van der Waals surface area contributed by atoms with Gasteiger partial charge in [0.05, 0.1) is 20.8 Å². The van der Waals surface area contributed by atoms with Gasteiger partial charge in [-0.1, -0.05) is 38.5 Å². The van der Waals surface area contributed by atoms with Crippen molar-refractivity contribution in [1.29, 1.82) is 0 Å². The number of aromatic nitrogens is 1. The van der Waals surface area contributed by atoms with Gasteiger partial charge < -0.3 is 10.0 Å². The van der Waals surface area contributed by atoms with Gasteiger partial charge in [-0.05, 0) is 93.4 Å². The lowest BCUT2D eigenvalue weighted by molar-refractivity contribution is -0.0301. The molecule has 1 heterocycles. The Balaban J connectivity index is 1.23. The fourth-order valence-corrected chi connectivity index (χ4v) is 6.52. The highest BCUT2D eigenvalue weighted by Crippen LogP contribution is 2.45. The molecule has 0 aliphatic heterocycles. The van der Waals surface area contributed by atoms with Crippen molar-refractivity contribution in [3.05, 3.63) is 64.4 Å². The Bertz CT molecular complexity index is 1030. The molecule has 2 aromatic carbocycles. The van der Waals surface area contributed by atoms with Gasteiger partial charge in [-0.2, -0.15) is 0 Å². The Morgan fingerprint density at radius 3 is 2.76 bits per heavy atom. The predicted octanol–water partition coefficient (Wildman–Crippen LogP) is 6.59. The van der Waals surface area contributed by atoms with Crippen LogP contribution in [0.4, 0.5) is 4.39 Å². The van der Waals surface area contributed by atoms with Crippen LogP contribution < -0.4 is 0 Å². The number of aliphatic hydroxyl groups is 1. The second-order valence-corrected chi connectivity index (χ2v) is 11.2. The molecule has 33 heavy (non-hydrogen) atoms. The van der Waals surface area contributed by atoms with Crippen LogP contribution in [0.5, 0.6) is 0 Å². The number of benzene rings is 2. The van der Waals surface area contributed by atoms with Crippen LogP contribution in [0.3, 0.4) is 0 Å². The quantitative estimate of drug-likeness (QED) is 0.341. The Morgan fingerprint density at radius 2 is 1.97 bits per heavy atom. The zero-order chi connectivity index (χ0) is 23.4. The lowest BCUT2D eigenvalue weighted by Gasteiger charge is -2.44. The number of nitrogens with zero attached hydrogens (tertiary/aromatic N) is 2. The molecule has 0 radical (unpaired) electrons. The molecule has 1 aliphatic rings. The van der Waals surface area contributed by atoms with Crippen molar-refractivity contribution < 1.29 is 9.50 Å². The zero-order valence-corrected chi connectivity index (χ0v) is 21.0. The largest absolute Gasteiger partial charge is 0.389 e. The van der Waals surface area contributed by atoms with E-state index in [1.807, 2.05) is 23.5 Å². The number of hydrogen-bond donors (Lipinski definition) is 1. The molecular weight excluding hydrogens is 431 g/mol. The van der Waals surface area contributed by atoms with E-state index in [2.05, 4.69) is 44.0 Å². The van der Waals surface area contributed by atoms with Crippen molar-refractivity contribution in [3.63, 3.8) is 0 Å². The minimum Gasteiger partial charge on any atom is -0.389 e. The minimum absolute atomic E-state index is 0.0593. The molecule has 0 saturated heterocycles. The van der Waals surface area contributed by atoms with E-state index in [0.717, 1.165) is 55.4 Å². The summed E-state index contributed by atoms with van der Waals surface area (Å²) in [6, 6.07) is 13.5. The molecule has 1 aliphatic carbocycles. The summed E-state index contributed by atoms with van der Waals surface area (Å²) >= 11 is 1.81. The third-order valence-corrected chi connectivity index (χ3v) is 8.30. The first kappa shape index (κ1) is 24.3. The lowest BCUT2D eigenvalue weighted by atomic mass is 9.66. The second-order valence-electron chi connectivity index (χ2n) is 10.1. The van der Waals surface area contributed by atoms with E-state index >= 15 is 0 Å². The smallest absolute Gasteiger partial charge is 0.123 e. The van der Waals surface area contributed by atoms with Gasteiger partial charge in [0.1, 0.15) is 5.82 Å². The topological polar surface area (TPSA) is 36.4 Å². The maximum Gasteiger partial charge on any atom is 0.123 e. The monoisotopic (exact) mass is 468 g/mol. The molecule has 4 rings (SSSR count). The highest BCUT2D eigenvalue weighted by Gasteiger charge is 2.43. The Labute approximate surface area is 201 Å². The van der Waals surface area contributed by atoms with E-state index in [0.29, 0.717) is 12.3 Å². The van der Waals surface area contributed by atoms with Gasteiger partial charge in [0.25, 0.3) is 0 Å². The highest BCUT2D eigenvalue weighted by molar-refractivity contribution is 7.18. The molecule has 1 N–H and O–H groups in total. The Hall–Kier alpha value is -1.82. The minimum atomic E-state index is -0.722. The molecule has 0 bridgehead atoms. The number of thiazole rings is 1.